The fourth-order valence-corrected chi connectivity index (χ4v) is 4.75. The van der Waals surface area contributed by atoms with Gasteiger partial charge in [-0.1, -0.05) is 30.3 Å². The molecule has 8 heteroatoms. The largest absolute Gasteiger partial charge is 0.481 e. The summed E-state index contributed by atoms with van der Waals surface area (Å²) in [6.45, 7) is 7.41. The number of ether oxygens (including phenoxy) is 2. The summed E-state index contributed by atoms with van der Waals surface area (Å²) in [7, 11) is 1.66. The van der Waals surface area contributed by atoms with Crippen LogP contribution in [0.25, 0.3) is 0 Å². The summed E-state index contributed by atoms with van der Waals surface area (Å²) in [5.74, 6) is -0.844. The number of rotatable bonds is 11. The number of carboxylic acid groups (broad SMARTS) is 1. The Bertz CT molecular complexity index is 906. The summed E-state index contributed by atoms with van der Waals surface area (Å²) >= 11 is 0. The lowest BCUT2D eigenvalue weighted by molar-refractivity contribution is -0.154. The van der Waals surface area contributed by atoms with E-state index in [-0.39, 0.29) is 24.5 Å². The molecule has 35 heavy (non-hydrogen) atoms. The highest BCUT2D eigenvalue weighted by Gasteiger charge is 2.41. The number of carbonyl (C=O) groups excluding carboxylic acids is 1. The minimum atomic E-state index is -0.832. The lowest BCUT2D eigenvalue weighted by atomic mass is 9.89. The van der Waals surface area contributed by atoms with Gasteiger partial charge in [0.1, 0.15) is 5.71 Å². The second-order valence-electron chi connectivity index (χ2n) is 9.28. The molecule has 1 N–H and O–H groups in total. The zero-order valence-electron chi connectivity index (χ0n) is 21.1. The van der Waals surface area contributed by atoms with E-state index in [1.165, 1.54) is 11.1 Å². The van der Waals surface area contributed by atoms with E-state index >= 15 is 0 Å². The van der Waals surface area contributed by atoms with Crippen LogP contribution in [0.15, 0.2) is 41.4 Å². The van der Waals surface area contributed by atoms with Crippen molar-refractivity contribution >= 4 is 17.6 Å². The van der Waals surface area contributed by atoms with Crippen LogP contribution in [0.2, 0.25) is 0 Å². The van der Waals surface area contributed by atoms with Crippen molar-refractivity contribution in [1.82, 2.24) is 9.80 Å². The Balaban J connectivity index is 1.43. The molecular formula is C27H39N3O5. The molecule has 1 amide bonds. The van der Waals surface area contributed by atoms with Gasteiger partial charge in [0.2, 0.25) is 0 Å². The fraction of sp³-hybridized carbons (Fsp3) is 0.593. The van der Waals surface area contributed by atoms with Crippen LogP contribution in [-0.4, -0.2) is 97.7 Å². The van der Waals surface area contributed by atoms with Crippen LogP contribution < -0.4 is 0 Å². The molecule has 1 aromatic rings. The third-order valence-corrected chi connectivity index (χ3v) is 6.79. The van der Waals surface area contributed by atoms with E-state index in [4.69, 9.17) is 14.6 Å². The molecule has 0 bridgehead atoms. The molecule has 192 valence electrons. The van der Waals surface area contributed by atoms with Crippen LogP contribution in [0, 0.1) is 0 Å². The summed E-state index contributed by atoms with van der Waals surface area (Å²) in [5, 5.41) is 8.67. The molecule has 2 aliphatic rings. The topological polar surface area (TPSA) is 91.7 Å². The molecule has 8 nitrogen and oxygen atoms in total. The Morgan fingerprint density at radius 1 is 1.17 bits per heavy atom. The van der Waals surface area contributed by atoms with Crippen molar-refractivity contribution in [2.75, 3.05) is 59.6 Å². The average molecular weight is 486 g/mol. The lowest BCUT2D eigenvalue weighted by Gasteiger charge is -2.47. The van der Waals surface area contributed by atoms with E-state index in [9.17, 15) is 9.59 Å². The van der Waals surface area contributed by atoms with Gasteiger partial charge >= 0.3 is 5.97 Å². The molecule has 2 saturated heterocycles. The quantitative estimate of drug-likeness (QED) is 0.383. The van der Waals surface area contributed by atoms with Gasteiger partial charge in [0.25, 0.3) is 5.91 Å². The number of morpholine rings is 1. The first-order valence-corrected chi connectivity index (χ1v) is 12.6. The van der Waals surface area contributed by atoms with Crippen molar-refractivity contribution in [2.45, 2.75) is 44.6 Å². The van der Waals surface area contributed by atoms with Crippen LogP contribution in [0.1, 0.15) is 37.3 Å². The molecule has 0 aromatic heterocycles. The number of aliphatic carboxylic acids is 1. The number of hydrogen-bond acceptors (Lipinski definition) is 6. The number of carbonyl (C=O) groups is 2. The minimum Gasteiger partial charge on any atom is -0.481 e. The highest BCUT2D eigenvalue weighted by molar-refractivity contribution is 6.43. The Labute approximate surface area is 208 Å². The molecule has 0 saturated carbocycles. The average Bonchev–Trinajstić information content (AvgIpc) is 2.86. The molecule has 2 fully saturated rings. The van der Waals surface area contributed by atoms with Gasteiger partial charge in [-0.25, -0.2) is 0 Å². The SMILES string of the molecule is C/C=C\C(=NC)C(=O)N1CCOC2(CCN(CCc3cccc(CCOCCC(=O)O)c3)CC2)C1. The number of nitrogens with zero attached hydrogens (tertiary/aromatic N) is 3. The van der Waals surface area contributed by atoms with Crippen LogP contribution in [0.3, 0.4) is 0 Å². The van der Waals surface area contributed by atoms with Crippen molar-refractivity contribution in [1.29, 1.82) is 0 Å². The van der Waals surface area contributed by atoms with Gasteiger partial charge in [-0.15, -0.1) is 0 Å². The van der Waals surface area contributed by atoms with Gasteiger partial charge in [0.05, 0.1) is 38.4 Å². The number of aliphatic imine (C=N–C) groups is 1. The van der Waals surface area contributed by atoms with Crippen LogP contribution in [0.5, 0.6) is 0 Å². The molecule has 0 radical (unpaired) electrons. The van der Waals surface area contributed by atoms with Gasteiger partial charge in [0.15, 0.2) is 0 Å². The third-order valence-electron chi connectivity index (χ3n) is 6.79. The predicted octanol–water partition coefficient (Wildman–Crippen LogP) is 2.60. The Morgan fingerprint density at radius 2 is 1.91 bits per heavy atom. The number of allylic oxidation sites excluding steroid dienone is 1. The minimum absolute atomic E-state index is 0.0112. The number of likely N-dealkylation sites (tertiary alicyclic amines) is 1. The van der Waals surface area contributed by atoms with Crippen molar-refractivity contribution in [2.24, 2.45) is 4.99 Å². The molecule has 1 spiro atoms. The van der Waals surface area contributed by atoms with Gasteiger partial charge in [-0.2, -0.15) is 0 Å². The summed E-state index contributed by atoms with van der Waals surface area (Å²) < 4.78 is 11.6. The summed E-state index contributed by atoms with van der Waals surface area (Å²) in [6.07, 6.45) is 7.27. The van der Waals surface area contributed by atoms with E-state index in [0.29, 0.717) is 32.0 Å². The normalized spacial score (nSPS) is 18.9. The lowest BCUT2D eigenvalue weighted by Crippen LogP contribution is -2.58. The summed E-state index contributed by atoms with van der Waals surface area (Å²) in [6, 6.07) is 8.55. The number of hydrogen-bond donors (Lipinski definition) is 1. The highest BCUT2D eigenvalue weighted by Crippen LogP contribution is 2.30. The predicted molar refractivity (Wildman–Crippen MR) is 136 cm³/mol. The first-order chi connectivity index (χ1) is 16.9. The highest BCUT2D eigenvalue weighted by atomic mass is 16.5. The van der Waals surface area contributed by atoms with Gasteiger partial charge in [-0.05, 0) is 49.8 Å². The van der Waals surface area contributed by atoms with E-state index in [1.54, 1.807) is 13.1 Å². The Hall–Kier alpha value is -2.55. The number of amides is 1. The maximum absolute atomic E-state index is 12.9. The zero-order chi connectivity index (χ0) is 25.1. The molecule has 0 unspecified atom stereocenters. The molecule has 3 rings (SSSR count). The molecular weight excluding hydrogens is 446 g/mol. The van der Waals surface area contributed by atoms with Crippen LogP contribution >= 0.6 is 0 Å². The monoisotopic (exact) mass is 485 g/mol. The number of carboxylic acids is 1. The van der Waals surface area contributed by atoms with E-state index in [2.05, 4.69) is 34.2 Å². The summed E-state index contributed by atoms with van der Waals surface area (Å²) in [4.78, 5) is 32.0. The molecule has 2 heterocycles. The van der Waals surface area contributed by atoms with Gasteiger partial charge in [-0.3, -0.25) is 14.6 Å². The van der Waals surface area contributed by atoms with Crippen molar-refractivity contribution in [3.63, 3.8) is 0 Å². The number of benzene rings is 1. The second-order valence-corrected chi connectivity index (χ2v) is 9.28. The van der Waals surface area contributed by atoms with E-state index in [1.807, 2.05) is 17.9 Å². The molecule has 2 aliphatic heterocycles. The number of piperidine rings is 1. The Morgan fingerprint density at radius 3 is 2.60 bits per heavy atom. The van der Waals surface area contributed by atoms with E-state index in [0.717, 1.165) is 45.3 Å². The van der Waals surface area contributed by atoms with Gasteiger partial charge < -0.3 is 24.4 Å². The van der Waals surface area contributed by atoms with E-state index < -0.39 is 5.97 Å². The third kappa shape index (κ3) is 8.26. The first-order valence-electron chi connectivity index (χ1n) is 12.6. The van der Waals surface area contributed by atoms with Crippen molar-refractivity contribution < 1.29 is 24.2 Å². The maximum Gasteiger partial charge on any atom is 0.305 e. The first kappa shape index (κ1) is 27.0. The standard InChI is InChI=1S/C27H39N3O5/c1-3-5-24(28-2)26(33)30-16-19-35-27(21-30)11-14-29(15-12-27)13-8-22-6-4-7-23(20-22)9-17-34-18-10-25(31)32/h3-7,20H,8-19,21H2,1-2H3,(H,31,32)/b5-3-,28-24?. The Kier molecular flexibility index (Phi) is 10.4. The van der Waals surface area contributed by atoms with Crippen LogP contribution in [-0.2, 0) is 31.9 Å². The van der Waals surface area contributed by atoms with Crippen LogP contribution in [0.4, 0.5) is 0 Å². The molecule has 0 atom stereocenters. The molecule has 1 aromatic carbocycles. The fourth-order valence-electron chi connectivity index (χ4n) is 4.75. The maximum atomic E-state index is 12.9. The van der Waals surface area contributed by atoms with Gasteiger partial charge in [0, 0.05) is 33.2 Å². The van der Waals surface area contributed by atoms with Crippen molar-refractivity contribution in [3.8, 4) is 0 Å². The smallest absolute Gasteiger partial charge is 0.305 e. The molecule has 0 aliphatic carbocycles. The van der Waals surface area contributed by atoms with Crippen molar-refractivity contribution in [3.05, 3.63) is 47.5 Å². The second kappa shape index (κ2) is 13.5. The zero-order valence-corrected chi connectivity index (χ0v) is 21.1. The summed E-state index contributed by atoms with van der Waals surface area (Å²) in [5.41, 5.74) is 2.76.